The van der Waals surface area contributed by atoms with Crippen LogP contribution < -0.4 is 5.32 Å². The summed E-state index contributed by atoms with van der Waals surface area (Å²) in [5, 5.41) is 2.95. The summed E-state index contributed by atoms with van der Waals surface area (Å²) in [6.45, 7) is 5.86. The summed E-state index contributed by atoms with van der Waals surface area (Å²) in [7, 11) is 2.08. The lowest BCUT2D eigenvalue weighted by Gasteiger charge is -2.23. The van der Waals surface area contributed by atoms with E-state index in [4.69, 9.17) is 0 Å². The van der Waals surface area contributed by atoms with Crippen LogP contribution in [0.1, 0.15) is 30.6 Å². The third-order valence-electron chi connectivity index (χ3n) is 3.27. The van der Waals surface area contributed by atoms with Gasteiger partial charge in [0.25, 0.3) is 5.91 Å². The molecule has 0 heterocycles. The molecule has 1 atom stereocenters. The Morgan fingerprint density at radius 1 is 1.42 bits per heavy atom. The maximum atomic E-state index is 12.1. The average molecular weight is 392 g/mol. The number of rotatable bonds is 6. The standard InChI is InChI=1S/C14H20Br2N2O/c1-4-10(2)18(3)8-7-17-14(19)12-9-11(15)5-6-13(12)16/h5-6,9-10H,4,7-8H2,1-3H3,(H,17,19). The van der Waals surface area contributed by atoms with Gasteiger partial charge in [-0.15, -0.1) is 0 Å². The first kappa shape index (κ1) is 16.7. The van der Waals surface area contributed by atoms with Crippen molar-refractivity contribution in [2.45, 2.75) is 26.3 Å². The number of carbonyl (C=O) groups excluding carboxylic acids is 1. The molecule has 0 bridgehead atoms. The van der Waals surface area contributed by atoms with Gasteiger partial charge >= 0.3 is 0 Å². The van der Waals surface area contributed by atoms with Crippen LogP contribution in [0, 0.1) is 0 Å². The van der Waals surface area contributed by atoms with Gasteiger partial charge < -0.3 is 10.2 Å². The molecule has 19 heavy (non-hydrogen) atoms. The Labute approximate surface area is 132 Å². The molecule has 1 unspecified atom stereocenters. The maximum absolute atomic E-state index is 12.1. The molecule has 5 heteroatoms. The fourth-order valence-corrected chi connectivity index (χ4v) is 2.43. The van der Waals surface area contributed by atoms with Gasteiger partial charge in [0.1, 0.15) is 0 Å². The number of likely N-dealkylation sites (N-methyl/N-ethyl adjacent to an activating group) is 1. The summed E-state index contributed by atoms with van der Waals surface area (Å²) in [4.78, 5) is 14.3. The van der Waals surface area contributed by atoms with E-state index in [0.717, 1.165) is 21.9 Å². The quantitative estimate of drug-likeness (QED) is 0.802. The van der Waals surface area contributed by atoms with Crippen LogP contribution in [0.15, 0.2) is 27.1 Å². The zero-order valence-electron chi connectivity index (χ0n) is 11.5. The van der Waals surface area contributed by atoms with Gasteiger partial charge in [0.05, 0.1) is 5.56 Å². The SMILES string of the molecule is CCC(C)N(C)CCNC(=O)c1cc(Br)ccc1Br. The van der Waals surface area contributed by atoms with Crippen LogP contribution in [-0.4, -0.2) is 37.0 Å². The summed E-state index contributed by atoms with van der Waals surface area (Å²) in [6.07, 6.45) is 1.11. The predicted octanol–water partition coefficient (Wildman–Crippen LogP) is 3.67. The van der Waals surface area contributed by atoms with E-state index in [-0.39, 0.29) is 5.91 Å². The Kier molecular flexibility index (Phi) is 7.04. The van der Waals surface area contributed by atoms with Crippen molar-refractivity contribution in [3.8, 4) is 0 Å². The minimum absolute atomic E-state index is 0.0503. The van der Waals surface area contributed by atoms with E-state index in [1.165, 1.54) is 0 Å². The van der Waals surface area contributed by atoms with E-state index in [0.29, 0.717) is 18.2 Å². The molecule has 106 valence electrons. The molecule has 1 rings (SSSR count). The van der Waals surface area contributed by atoms with Crippen molar-refractivity contribution in [1.82, 2.24) is 10.2 Å². The number of hydrogen-bond donors (Lipinski definition) is 1. The minimum Gasteiger partial charge on any atom is -0.351 e. The van der Waals surface area contributed by atoms with E-state index in [1.807, 2.05) is 18.2 Å². The molecule has 1 aromatic carbocycles. The molecular formula is C14H20Br2N2O. The third kappa shape index (κ3) is 5.24. The zero-order valence-corrected chi connectivity index (χ0v) is 14.7. The molecule has 0 aromatic heterocycles. The maximum Gasteiger partial charge on any atom is 0.252 e. The predicted molar refractivity (Wildman–Crippen MR) is 86.6 cm³/mol. The second-order valence-corrected chi connectivity index (χ2v) is 6.39. The fourth-order valence-electron chi connectivity index (χ4n) is 1.64. The van der Waals surface area contributed by atoms with Crippen LogP contribution in [0.4, 0.5) is 0 Å². The molecule has 1 amide bonds. The van der Waals surface area contributed by atoms with Crippen LogP contribution in [0.25, 0.3) is 0 Å². The van der Waals surface area contributed by atoms with Gasteiger partial charge in [0.2, 0.25) is 0 Å². The second-order valence-electron chi connectivity index (χ2n) is 4.62. The smallest absolute Gasteiger partial charge is 0.252 e. The zero-order chi connectivity index (χ0) is 14.4. The van der Waals surface area contributed by atoms with Crippen molar-refractivity contribution in [2.75, 3.05) is 20.1 Å². The number of nitrogens with zero attached hydrogens (tertiary/aromatic N) is 1. The van der Waals surface area contributed by atoms with Crippen LogP contribution in [0.5, 0.6) is 0 Å². The molecule has 0 saturated carbocycles. The Morgan fingerprint density at radius 3 is 2.74 bits per heavy atom. The lowest BCUT2D eigenvalue weighted by molar-refractivity contribution is 0.0946. The molecular weight excluding hydrogens is 372 g/mol. The van der Waals surface area contributed by atoms with Gasteiger partial charge in [-0.05, 0) is 54.5 Å². The Balaban J connectivity index is 2.50. The molecule has 3 nitrogen and oxygen atoms in total. The topological polar surface area (TPSA) is 32.3 Å². The third-order valence-corrected chi connectivity index (χ3v) is 4.45. The van der Waals surface area contributed by atoms with Crippen LogP contribution in [0.3, 0.4) is 0 Å². The number of benzene rings is 1. The highest BCUT2D eigenvalue weighted by Gasteiger charge is 2.11. The summed E-state index contributed by atoms with van der Waals surface area (Å²) >= 11 is 6.77. The van der Waals surface area contributed by atoms with E-state index in [9.17, 15) is 4.79 Å². The van der Waals surface area contributed by atoms with Crippen molar-refractivity contribution < 1.29 is 4.79 Å². The average Bonchev–Trinajstić information content (AvgIpc) is 2.40. The summed E-state index contributed by atoms with van der Waals surface area (Å²) < 4.78 is 1.71. The highest BCUT2D eigenvalue weighted by atomic mass is 79.9. The molecule has 1 aromatic rings. The molecule has 0 aliphatic carbocycles. The minimum atomic E-state index is -0.0503. The van der Waals surface area contributed by atoms with Crippen molar-refractivity contribution in [3.05, 3.63) is 32.7 Å². The molecule has 0 spiro atoms. The number of hydrogen-bond acceptors (Lipinski definition) is 2. The molecule has 1 N–H and O–H groups in total. The first-order chi connectivity index (χ1) is 8.95. The summed E-state index contributed by atoms with van der Waals surface area (Å²) in [6, 6.07) is 6.12. The van der Waals surface area contributed by atoms with Gasteiger partial charge in [0, 0.05) is 28.1 Å². The molecule has 0 fully saturated rings. The first-order valence-corrected chi connectivity index (χ1v) is 7.97. The van der Waals surface area contributed by atoms with Crippen molar-refractivity contribution in [3.63, 3.8) is 0 Å². The summed E-state index contributed by atoms with van der Waals surface area (Å²) in [5.74, 6) is -0.0503. The van der Waals surface area contributed by atoms with Gasteiger partial charge in [-0.3, -0.25) is 4.79 Å². The van der Waals surface area contributed by atoms with Gasteiger partial charge in [0.15, 0.2) is 0 Å². The molecule has 0 aliphatic rings. The number of nitrogens with one attached hydrogen (secondary N) is 1. The van der Waals surface area contributed by atoms with E-state index < -0.39 is 0 Å². The highest BCUT2D eigenvalue weighted by molar-refractivity contribution is 9.11. The van der Waals surface area contributed by atoms with Gasteiger partial charge in [-0.2, -0.15) is 0 Å². The largest absolute Gasteiger partial charge is 0.351 e. The second kappa shape index (κ2) is 8.02. The van der Waals surface area contributed by atoms with E-state index >= 15 is 0 Å². The van der Waals surface area contributed by atoms with Crippen molar-refractivity contribution >= 4 is 37.8 Å². The van der Waals surface area contributed by atoms with Gasteiger partial charge in [-0.25, -0.2) is 0 Å². The fraction of sp³-hybridized carbons (Fsp3) is 0.500. The Bertz CT molecular complexity index is 437. The van der Waals surface area contributed by atoms with Gasteiger partial charge in [-0.1, -0.05) is 22.9 Å². The summed E-state index contributed by atoms with van der Waals surface area (Å²) in [5.41, 5.74) is 0.653. The van der Waals surface area contributed by atoms with Crippen molar-refractivity contribution in [1.29, 1.82) is 0 Å². The molecule has 0 radical (unpaired) electrons. The lowest BCUT2D eigenvalue weighted by Crippen LogP contribution is -2.37. The first-order valence-electron chi connectivity index (χ1n) is 6.39. The van der Waals surface area contributed by atoms with Crippen molar-refractivity contribution in [2.24, 2.45) is 0 Å². The molecule has 0 saturated heterocycles. The van der Waals surface area contributed by atoms with Crippen LogP contribution >= 0.6 is 31.9 Å². The highest BCUT2D eigenvalue weighted by Crippen LogP contribution is 2.21. The van der Waals surface area contributed by atoms with E-state index in [1.54, 1.807) is 0 Å². The normalized spacial score (nSPS) is 12.5. The lowest BCUT2D eigenvalue weighted by atomic mass is 10.2. The Hall–Kier alpha value is -0.390. The molecule has 0 aliphatic heterocycles. The Morgan fingerprint density at radius 2 is 2.11 bits per heavy atom. The number of carbonyl (C=O) groups is 1. The van der Waals surface area contributed by atoms with Crippen LogP contribution in [0.2, 0.25) is 0 Å². The monoisotopic (exact) mass is 390 g/mol. The number of amides is 1. The van der Waals surface area contributed by atoms with Crippen LogP contribution in [-0.2, 0) is 0 Å². The van der Waals surface area contributed by atoms with E-state index in [2.05, 4.69) is 63.0 Å². The number of halogens is 2.